The number of nitrogens with one attached hydrogen (secondary N) is 2. The standard InChI is InChI=1S/C22H26N6O/c29-22(17-9-5-4-8-16(17)21-23-14-24-27-21)28-11-10-19-18(13-28)20(26-25-19)12-15-6-2-1-3-7-15/h4-5,8-9,14-15H,1-3,6-7,10-13H2,(H,25,26)(H,23,24,27). The number of carbonyl (C=O) groups is 1. The second-order valence-electron chi connectivity index (χ2n) is 8.19. The van der Waals surface area contributed by atoms with Crippen molar-refractivity contribution in [3.63, 3.8) is 0 Å². The van der Waals surface area contributed by atoms with Gasteiger partial charge in [-0.1, -0.05) is 50.3 Å². The third-order valence-corrected chi connectivity index (χ3v) is 6.34. The minimum absolute atomic E-state index is 0.0347. The number of hydrogen-bond donors (Lipinski definition) is 2. The summed E-state index contributed by atoms with van der Waals surface area (Å²) in [6, 6.07) is 7.60. The van der Waals surface area contributed by atoms with Crippen LogP contribution in [0.25, 0.3) is 11.4 Å². The van der Waals surface area contributed by atoms with E-state index in [1.807, 2.05) is 29.2 Å². The minimum Gasteiger partial charge on any atom is -0.334 e. The Labute approximate surface area is 169 Å². The van der Waals surface area contributed by atoms with Crippen LogP contribution in [0.3, 0.4) is 0 Å². The number of nitrogens with zero attached hydrogens (tertiary/aromatic N) is 4. The molecule has 7 nitrogen and oxygen atoms in total. The van der Waals surface area contributed by atoms with E-state index in [9.17, 15) is 4.79 Å². The largest absolute Gasteiger partial charge is 0.334 e. The summed E-state index contributed by atoms with van der Waals surface area (Å²) < 4.78 is 0. The van der Waals surface area contributed by atoms with Crippen molar-refractivity contribution in [2.45, 2.75) is 51.5 Å². The number of rotatable bonds is 4. The summed E-state index contributed by atoms with van der Waals surface area (Å²) in [5.74, 6) is 1.38. The van der Waals surface area contributed by atoms with E-state index in [0.29, 0.717) is 24.5 Å². The molecule has 1 fully saturated rings. The number of aromatic nitrogens is 5. The SMILES string of the molecule is O=C(c1ccccc1-c1ncn[nH]1)N1CCc2[nH]nc(CC3CCCCC3)c2C1. The van der Waals surface area contributed by atoms with Crippen molar-refractivity contribution < 1.29 is 4.79 Å². The second-order valence-corrected chi connectivity index (χ2v) is 8.19. The van der Waals surface area contributed by atoms with Crippen LogP contribution in [0.1, 0.15) is 59.4 Å². The topological polar surface area (TPSA) is 90.6 Å². The Bertz CT molecular complexity index is 987. The Balaban J connectivity index is 1.37. The quantitative estimate of drug-likeness (QED) is 0.713. The molecule has 3 heterocycles. The number of carbonyl (C=O) groups excluding carboxylic acids is 1. The molecule has 7 heteroatoms. The fraction of sp³-hybridized carbons (Fsp3) is 0.455. The summed E-state index contributed by atoms with van der Waals surface area (Å²) in [6.07, 6.45) is 9.95. The van der Waals surface area contributed by atoms with Gasteiger partial charge in [0.15, 0.2) is 5.82 Å². The lowest BCUT2D eigenvalue weighted by atomic mass is 9.85. The molecule has 1 amide bonds. The maximum absolute atomic E-state index is 13.4. The molecule has 1 aromatic carbocycles. The Hall–Kier alpha value is -2.96. The monoisotopic (exact) mass is 390 g/mol. The van der Waals surface area contributed by atoms with Gasteiger partial charge in [0.1, 0.15) is 6.33 Å². The van der Waals surface area contributed by atoms with E-state index in [2.05, 4.69) is 25.4 Å². The minimum atomic E-state index is 0.0347. The highest BCUT2D eigenvalue weighted by atomic mass is 16.2. The first-order valence-electron chi connectivity index (χ1n) is 10.6. The molecule has 0 unspecified atom stereocenters. The maximum atomic E-state index is 13.4. The van der Waals surface area contributed by atoms with Gasteiger partial charge in [0.25, 0.3) is 5.91 Å². The normalized spacial score (nSPS) is 17.3. The first-order valence-corrected chi connectivity index (χ1v) is 10.6. The van der Waals surface area contributed by atoms with E-state index in [4.69, 9.17) is 0 Å². The van der Waals surface area contributed by atoms with E-state index in [-0.39, 0.29) is 5.91 Å². The van der Waals surface area contributed by atoms with Crippen LogP contribution in [-0.4, -0.2) is 42.7 Å². The Kier molecular flexibility index (Phi) is 4.87. The molecule has 0 radical (unpaired) electrons. The van der Waals surface area contributed by atoms with Crippen LogP contribution in [0.15, 0.2) is 30.6 Å². The van der Waals surface area contributed by atoms with Crippen molar-refractivity contribution in [2.75, 3.05) is 6.54 Å². The smallest absolute Gasteiger partial charge is 0.254 e. The van der Waals surface area contributed by atoms with Gasteiger partial charge in [-0.2, -0.15) is 10.2 Å². The highest BCUT2D eigenvalue weighted by Crippen LogP contribution is 2.30. The van der Waals surface area contributed by atoms with Crippen molar-refractivity contribution in [2.24, 2.45) is 5.92 Å². The van der Waals surface area contributed by atoms with E-state index < -0.39 is 0 Å². The molecule has 1 saturated carbocycles. The number of hydrogen-bond acceptors (Lipinski definition) is 4. The first kappa shape index (κ1) is 18.1. The fourth-order valence-corrected chi connectivity index (χ4v) is 4.74. The molecule has 0 saturated heterocycles. The van der Waals surface area contributed by atoms with Gasteiger partial charge < -0.3 is 4.90 Å². The van der Waals surface area contributed by atoms with Crippen molar-refractivity contribution >= 4 is 5.91 Å². The molecule has 2 aliphatic rings. The zero-order valence-electron chi connectivity index (χ0n) is 16.5. The fourth-order valence-electron chi connectivity index (χ4n) is 4.74. The van der Waals surface area contributed by atoms with Gasteiger partial charge >= 0.3 is 0 Å². The molecular weight excluding hydrogens is 364 g/mol. The Morgan fingerprint density at radius 3 is 2.83 bits per heavy atom. The zero-order chi connectivity index (χ0) is 19.6. The third kappa shape index (κ3) is 3.57. The predicted octanol–water partition coefficient (Wildman–Crippen LogP) is 3.52. The molecule has 3 aromatic rings. The summed E-state index contributed by atoms with van der Waals surface area (Å²) in [5.41, 5.74) is 5.03. The van der Waals surface area contributed by atoms with Crippen LogP contribution in [0.5, 0.6) is 0 Å². The van der Waals surface area contributed by atoms with Crippen LogP contribution in [0.2, 0.25) is 0 Å². The second kappa shape index (κ2) is 7.81. The number of benzene rings is 1. The zero-order valence-corrected chi connectivity index (χ0v) is 16.5. The average molecular weight is 390 g/mol. The van der Waals surface area contributed by atoms with Gasteiger partial charge in [-0.3, -0.25) is 15.0 Å². The van der Waals surface area contributed by atoms with Crippen LogP contribution in [0, 0.1) is 5.92 Å². The summed E-state index contributed by atoms with van der Waals surface area (Å²) >= 11 is 0. The molecule has 0 spiro atoms. The molecule has 2 aromatic heterocycles. The molecule has 0 atom stereocenters. The van der Waals surface area contributed by atoms with Crippen molar-refractivity contribution in [1.29, 1.82) is 0 Å². The lowest BCUT2D eigenvalue weighted by Crippen LogP contribution is -2.36. The predicted molar refractivity (Wildman–Crippen MR) is 109 cm³/mol. The van der Waals surface area contributed by atoms with Gasteiger partial charge in [0.2, 0.25) is 0 Å². The summed E-state index contributed by atoms with van der Waals surface area (Å²) in [5, 5.41) is 14.7. The lowest BCUT2D eigenvalue weighted by molar-refractivity contribution is 0.0734. The molecule has 2 N–H and O–H groups in total. The average Bonchev–Trinajstić information content (AvgIpc) is 3.44. The van der Waals surface area contributed by atoms with Crippen LogP contribution in [-0.2, 0) is 19.4 Å². The van der Waals surface area contributed by atoms with E-state index in [0.717, 1.165) is 30.0 Å². The third-order valence-electron chi connectivity index (χ3n) is 6.34. The van der Waals surface area contributed by atoms with E-state index in [1.165, 1.54) is 49.7 Å². The summed E-state index contributed by atoms with van der Waals surface area (Å²) in [6.45, 7) is 1.32. The number of amides is 1. The maximum Gasteiger partial charge on any atom is 0.254 e. The highest BCUT2D eigenvalue weighted by molar-refractivity contribution is 6.00. The van der Waals surface area contributed by atoms with Gasteiger partial charge in [0.05, 0.1) is 11.3 Å². The van der Waals surface area contributed by atoms with Crippen molar-refractivity contribution in [3.05, 3.63) is 53.1 Å². The van der Waals surface area contributed by atoms with Crippen LogP contribution < -0.4 is 0 Å². The van der Waals surface area contributed by atoms with Crippen molar-refractivity contribution in [1.82, 2.24) is 30.3 Å². The lowest BCUT2D eigenvalue weighted by Gasteiger charge is -2.28. The van der Waals surface area contributed by atoms with Crippen molar-refractivity contribution in [3.8, 4) is 11.4 Å². The van der Waals surface area contributed by atoms with Gasteiger partial charge in [-0.25, -0.2) is 4.98 Å². The Morgan fingerprint density at radius 1 is 1.14 bits per heavy atom. The van der Waals surface area contributed by atoms with Crippen LogP contribution >= 0.6 is 0 Å². The van der Waals surface area contributed by atoms with Gasteiger partial charge in [-0.15, -0.1) is 0 Å². The van der Waals surface area contributed by atoms with E-state index >= 15 is 0 Å². The number of aromatic amines is 2. The molecule has 150 valence electrons. The summed E-state index contributed by atoms with van der Waals surface area (Å²) in [7, 11) is 0. The number of H-pyrrole nitrogens is 2. The molecule has 1 aliphatic carbocycles. The summed E-state index contributed by atoms with van der Waals surface area (Å²) in [4.78, 5) is 19.6. The Morgan fingerprint density at radius 2 is 2.00 bits per heavy atom. The molecule has 0 bridgehead atoms. The van der Waals surface area contributed by atoms with Gasteiger partial charge in [0, 0.05) is 36.3 Å². The molecule has 1 aliphatic heterocycles. The van der Waals surface area contributed by atoms with E-state index in [1.54, 1.807) is 0 Å². The first-order chi connectivity index (χ1) is 14.3. The van der Waals surface area contributed by atoms with Crippen LogP contribution in [0.4, 0.5) is 0 Å². The number of fused-ring (bicyclic) bond motifs is 1. The molecular formula is C22H26N6O. The van der Waals surface area contributed by atoms with Gasteiger partial charge in [-0.05, 0) is 18.4 Å². The molecule has 5 rings (SSSR count). The molecule has 29 heavy (non-hydrogen) atoms. The highest BCUT2D eigenvalue weighted by Gasteiger charge is 2.28.